The lowest BCUT2D eigenvalue weighted by atomic mass is 10.0. The van der Waals surface area contributed by atoms with Gasteiger partial charge in [-0.25, -0.2) is 0 Å². The standard InChI is InChI=1S/C29H30F3N3O5/c1-17(33-15-26(38)19-7-9-25(37)22(12-19)16-36)10-18-6-8-23-21(11-18)13-24(35-23)28(39)34-14-20-4-2-3-5-27(20)40-29(30,31)32/h2-9,11-13,17,26,33,35-38H,10,14-16H2,1H3,(H,34,39)/t17-,26+/m1/s1. The van der Waals surface area contributed by atoms with E-state index in [2.05, 4.69) is 20.4 Å². The first-order valence-corrected chi connectivity index (χ1v) is 12.6. The molecule has 0 saturated carbocycles. The summed E-state index contributed by atoms with van der Waals surface area (Å²) in [5.74, 6) is -0.867. The van der Waals surface area contributed by atoms with E-state index in [1.54, 1.807) is 24.3 Å². The first-order valence-electron chi connectivity index (χ1n) is 12.6. The van der Waals surface area contributed by atoms with Gasteiger partial charge in [-0.05, 0) is 60.9 Å². The molecule has 212 valence electrons. The van der Waals surface area contributed by atoms with Crippen LogP contribution >= 0.6 is 0 Å². The molecule has 4 rings (SSSR count). The SMILES string of the molecule is C[C@H](Cc1ccc2[nH]c(C(=O)NCc3ccccc3OC(F)(F)F)cc2c1)NC[C@H](O)c1ccc(O)c(CO)c1. The number of aliphatic hydroxyl groups is 2. The number of para-hydroxylation sites is 1. The second-order valence-corrected chi connectivity index (χ2v) is 9.52. The van der Waals surface area contributed by atoms with Crippen LogP contribution in [0, 0.1) is 0 Å². The Morgan fingerprint density at radius 2 is 1.82 bits per heavy atom. The fourth-order valence-electron chi connectivity index (χ4n) is 4.37. The average Bonchev–Trinajstić information content (AvgIpc) is 3.34. The Balaban J connectivity index is 1.34. The number of hydrogen-bond acceptors (Lipinski definition) is 6. The average molecular weight is 558 g/mol. The van der Waals surface area contributed by atoms with E-state index in [0.29, 0.717) is 17.5 Å². The van der Waals surface area contributed by atoms with Gasteiger partial charge in [0.05, 0.1) is 12.7 Å². The zero-order valence-corrected chi connectivity index (χ0v) is 21.6. The Morgan fingerprint density at radius 1 is 1.05 bits per heavy atom. The van der Waals surface area contributed by atoms with Gasteiger partial charge in [0.15, 0.2) is 0 Å². The Morgan fingerprint density at radius 3 is 2.58 bits per heavy atom. The first kappa shape index (κ1) is 28.9. The fraction of sp³-hybridized carbons (Fsp3) is 0.276. The lowest BCUT2D eigenvalue weighted by molar-refractivity contribution is -0.274. The van der Waals surface area contributed by atoms with Gasteiger partial charge in [0.25, 0.3) is 5.91 Å². The molecule has 1 amide bonds. The molecule has 11 heteroatoms. The maximum atomic E-state index is 12.7. The number of rotatable bonds is 11. The summed E-state index contributed by atoms with van der Waals surface area (Å²) in [5, 5.41) is 36.2. The van der Waals surface area contributed by atoms with Crippen LogP contribution in [-0.4, -0.2) is 45.2 Å². The van der Waals surface area contributed by atoms with E-state index in [1.165, 1.54) is 24.3 Å². The number of fused-ring (bicyclic) bond motifs is 1. The Kier molecular flexibility index (Phi) is 8.98. The van der Waals surface area contributed by atoms with E-state index in [0.717, 1.165) is 16.5 Å². The van der Waals surface area contributed by atoms with Gasteiger partial charge in [0.1, 0.15) is 17.2 Å². The maximum absolute atomic E-state index is 12.7. The van der Waals surface area contributed by atoms with Gasteiger partial charge < -0.3 is 35.7 Å². The van der Waals surface area contributed by atoms with Crippen molar-refractivity contribution in [2.24, 2.45) is 0 Å². The van der Waals surface area contributed by atoms with Crippen LogP contribution in [0.3, 0.4) is 0 Å². The summed E-state index contributed by atoms with van der Waals surface area (Å²) < 4.78 is 42.0. The van der Waals surface area contributed by atoms with Crippen LogP contribution in [0.5, 0.6) is 11.5 Å². The molecule has 1 heterocycles. The van der Waals surface area contributed by atoms with Crippen molar-refractivity contribution in [1.29, 1.82) is 0 Å². The van der Waals surface area contributed by atoms with E-state index in [4.69, 9.17) is 0 Å². The van der Waals surface area contributed by atoms with Crippen molar-refractivity contribution < 1.29 is 38.0 Å². The van der Waals surface area contributed by atoms with Crippen molar-refractivity contribution >= 4 is 16.8 Å². The number of carbonyl (C=O) groups is 1. The second-order valence-electron chi connectivity index (χ2n) is 9.52. The number of H-pyrrole nitrogens is 1. The predicted octanol–water partition coefficient (Wildman–Crippen LogP) is 4.45. The highest BCUT2D eigenvalue weighted by atomic mass is 19.4. The minimum atomic E-state index is -4.83. The van der Waals surface area contributed by atoms with Crippen LogP contribution in [0.2, 0.25) is 0 Å². The molecule has 6 N–H and O–H groups in total. The maximum Gasteiger partial charge on any atom is 0.573 e. The minimum absolute atomic E-state index is 0.00206. The van der Waals surface area contributed by atoms with Gasteiger partial charge in [0, 0.05) is 41.2 Å². The molecule has 0 fully saturated rings. The molecular formula is C29H30F3N3O5. The number of hydrogen-bond donors (Lipinski definition) is 6. The van der Waals surface area contributed by atoms with Gasteiger partial charge in [-0.15, -0.1) is 13.2 Å². The molecule has 8 nitrogen and oxygen atoms in total. The molecule has 0 bridgehead atoms. The van der Waals surface area contributed by atoms with E-state index >= 15 is 0 Å². The molecular weight excluding hydrogens is 527 g/mol. The Bertz CT molecular complexity index is 1470. The normalized spacial score (nSPS) is 13.2. The third-order valence-corrected chi connectivity index (χ3v) is 6.43. The van der Waals surface area contributed by atoms with E-state index in [9.17, 15) is 33.3 Å². The summed E-state index contributed by atoms with van der Waals surface area (Å²) in [7, 11) is 0. The van der Waals surface area contributed by atoms with Crippen molar-refractivity contribution in [2.75, 3.05) is 6.54 Å². The topological polar surface area (TPSA) is 127 Å². The number of carbonyl (C=O) groups excluding carboxylic acids is 1. The number of ether oxygens (including phenoxy) is 1. The third-order valence-electron chi connectivity index (χ3n) is 6.43. The lowest BCUT2D eigenvalue weighted by Gasteiger charge is -2.18. The number of aromatic hydroxyl groups is 1. The summed E-state index contributed by atoms with van der Waals surface area (Å²) in [6.45, 7) is 1.77. The second kappa shape index (κ2) is 12.4. The van der Waals surface area contributed by atoms with Gasteiger partial charge >= 0.3 is 6.36 Å². The van der Waals surface area contributed by atoms with E-state index < -0.39 is 18.4 Å². The van der Waals surface area contributed by atoms with Crippen molar-refractivity contribution in [3.05, 3.63) is 94.7 Å². The Labute approximate surface area is 228 Å². The largest absolute Gasteiger partial charge is 0.573 e. The van der Waals surface area contributed by atoms with Gasteiger partial charge in [-0.2, -0.15) is 0 Å². The van der Waals surface area contributed by atoms with E-state index in [1.807, 2.05) is 25.1 Å². The highest BCUT2D eigenvalue weighted by molar-refractivity contribution is 5.98. The van der Waals surface area contributed by atoms with Crippen LogP contribution in [0.1, 0.15) is 45.8 Å². The molecule has 40 heavy (non-hydrogen) atoms. The molecule has 0 aliphatic heterocycles. The zero-order chi connectivity index (χ0) is 28.9. The number of aliphatic hydroxyl groups excluding tert-OH is 2. The van der Waals surface area contributed by atoms with Crippen molar-refractivity contribution in [3.8, 4) is 11.5 Å². The zero-order valence-electron chi connectivity index (χ0n) is 21.6. The summed E-state index contributed by atoms with van der Waals surface area (Å²) in [6.07, 6.45) is -5.02. The van der Waals surface area contributed by atoms with Crippen LogP contribution in [0.15, 0.2) is 66.7 Å². The smallest absolute Gasteiger partial charge is 0.508 e. The molecule has 1 aromatic heterocycles. The number of benzene rings is 3. The summed E-state index contributed by atoms with van der Waals surface area (Å²) in [5.41, 5.74) is 3.12. The minimum Gasteiger partial charge on any atom is -0.508 e. The highest BCUT2D eigenvalue weighted by Gasteiger charge is 2.32. The molecule has 0 spiro atoms. The van der Waals surface area contributed by atoms with Gasteiger partial charge in [-0.1, -0.05) is 30.3 Å². The molecule has 4 aromatic rings. The number of phenols is 1. The fourth-order valence-corrected chi connectivity index (χ4v) is 4.37. The number of halogens is 3. The van der Waals surface area contributed by atoms with Crippen LogP contribution in [0.4, 0.5) is 13.2 Å². The molecule has 3 aromatic carbocycles. The summed E-state index contributed by atoms with van der Waals surface area (Å²) >= 11 is 0. The van der Waals surface area contributed by atoms with Gasteiger partial charge in [0.2, 0.25) is 0 Å². The number of aromatic nitrogens is 1. The molecule has 0 aliphatic carbocycles. The van der Waals surface area contributed by atoms with Crippen molar-refractivity contribution in [3.63, 3.8) is 0 Å². The van der Waals surface area contributed by atoms with Gasteiger partial charge in [-0.3, -0.25) is 4.79 Å². The van der Waals surface area contributed by atoms with E-state index in [-0.39, 0.29) is 48.5 Å². The lowest BCUT2D eigenvalue weighted by Crippen LogP contribution is -2.32. The van der Waals surface area contributed by atoms with Crippen molar-refractivity contribution in [2.45, 2.75) is 45.0 Å². The monoisotopic (exact) mass is 557 g/mol. The molecule has 0 unspecified atom stereocenters. The summed E-state index contributed by atoms with van der Waals surface area (Å²) in [6, 6.07) is 17.6. The first-order chi connectivity index (χ1) is 19.0. The number of nitrogens with one attached hydrogen (secondary N) is 3. The van der Waals surface area contributed by atoms with Crippen LogP contribution in [-0.2, 0) is 19.6 Å². The van der Waals surface area contributed by atoms with Crippen LogP contribution in [0.25, 0.3) is 10.9 Å². The number of aromatic amines is 1. The molecule has 0 saturated heterocycles. The number of amides is 1. The molecule has 0 radical (unpaired) electrons. The Hall–Kier alpha value is -4.06. The van der Waals surface area contributed by atoms with Crippen molar-refractivity contribution in [1.82, 2.24) is 15.6 Å². The quantitative estimate of drug-likeness (QED) is 0.162. The third kappa shape index (κ3) is 7.53. The predicted molar refractivity (Wildman–Crippen MR) is 143 cm³/mol. The molecule has 0 aliphatic rings. The molecule has 2 atom stereocenters. The van der Waals surface area contributed by atoms with Crippen LogP contribution < -0.4 is 15.4 Å². The summed E-state index contributed by atoms with van der Waals surface area (Å²) in [4.78, 5) is 15.7. The number of alkyl halides is 3. The highest BCUT2D eigenvalue weighted by Crippen LogP contribution is 2.26.